The summed E-state index contributed by atoms with van der Waals surface area (Å²) in [6, 6.07) is 22.8. The highest BCUT2D eigenvalue weighted by molar-refractivity contribution is 7.89. The van der Waals surface area contributed by atoms with E-state index in [9.17, 15) is 13.2 Å². The molecule has 0 bridgehead atoms. The summed E-state index contributed by atoms with van der Waals surface area (Å²) in [5.41, 5.74) is 3.20. The Morgan fingerprint density at radius 2 is 1.55 bits per heavy atom. The van der Waals surface area contributed by atoms with Crippen LogP contribution in [0, 0.1) is 6.92 Å². The van der Waals surface area contributed by atoms with Gasteiger partial charge in [0.25, 0.3) is 15.9 Å². The normalized spacial score (nSPS) is 16.8. The second kappa shape index (κ2) is 7.68. The van der Waals surface area contributed by atoms with Crippen LogP contribution in [0.1, 0.15) is 27.0 Å². The second-order valence-electron chi connectivity index (χ2n) is 7.12. The van der Waals surface area contributed by atoms with Crippen LogP contribution in [0.15, 0.2) is 89.8 Å². The number of fused-ring (bicyclic) bond motifs is 1. The molecule has 3 aromatic rings. The molecular formula is C24H21NO3S. The van der Waals surface area contributed by atoms with E-state index in [0.717, 1.165) is 21.0 Å². The molecular weight excluding hydrogens is 382 g/mol. The molecule has 1 aliphatic rings. The molecule has 1 amide bonds. The molecule has 0 aliphatic carbocycles. The smallest absolute Gasteiger partial charge is 0.268 e. The van der Waals surface area contributed by atoms with E-state index in [1.807, 2.05) is 55.5 Å². The van der Waals surface area contributed by atoms with Gasteiger partial charge in [-0.1, -0.05) is 78.4 Å². The Morgan fingerprint density at radius 3 is 2.28 bits per heavy atom. The first-order valence-corrected chi connectivity index (χ1v) is 10.9. The Morgan fingerprint density at radius 1 is 0.897 bits per heavy atom. The van der Waals surface area contributed by atoms with Crippen LogP contribution >= 0.6 is 0 Å². The number of hydrogen-bond acceptors (Lipinski definition) is 3. The van der Waals surface area contributed by atoms with Crippen molar-refractivity contribution in [2.24, 2.45) is 0 Å². The van der Waals surface area contributed by atoms with Crippen molar-refractivity contribution in [3.05, 3.63) is 107 Å². The third kappa shape index (κ3) is 3.74. The van der Waals surface area contributed by atoms with Crippen LogP contribution in [0.25, 0.3) is 6.08 Å². The summed E-state index contributed by atoms with van der Waals surface area (Å²) < 4.78 is 27.9. The van der Waals surface area contributed by atoms with Crippen molar-refractivity contribution < 1.29 is 13.2 Å². The zero-order chi connectivity index (χ0) is 20.4. The molecule has 0 fully saturated rings. The van der Waals surface area contributed by atoms with Crippen LogP contribution in [0.5, 0.6) is 0 Å². The molecule has 0 aromatic heterocycles. The maximum atomic E-state index is 13.4. The van der Waals surface area contributed by atoms with Crippen molar-refractivity contribution in [2.75, 3.05) is 0 Å². The third-order valence-corrected chi connectivity index (χ3v) is 6.89. The molecule has 0 N–H and O–H groups in total. The lowest BCUT2D eigenvalue weighted by Gasteiger charge is -2.34. The Bertz CT molecular complexity index is 1170. The Kier molecular flexibility index (Phi) is 5.07. The van der Waals surface area contributed by atoms with E-state index in [2.05, 4.69) is 0 Å². The molecule has 1 unspecified atom stereocenters. The first kappa shape index (κ1) is 19.2. The summed E-state index contributed by atoms with van der Waals surface area (Å²) in [4.78, 5) is 13.4. The van der Waals surface area contributed by atoms with Crippen molar-refractivity contribution in [1.29, 1.82) is 0 Å². The average molecular weight is 404 g/mol. The number of amides is 1. The highest BCUT2D eigenvalue weighted by atomic mass is 32.2. The number of sulfonamides is 1. The quantitative estimate of drug-likeness (QED) is 0.646. The lowest BCUT2D eigenvalue weighted by molar-refractivity contribution is 0.0823. The average Bonchev–Trinajstić information content (AvgIpc) is 2.73. The summed E-state index contributed by atoms with van der Waals surface area (Å²) in [6.07, 6.45) is 4.11. The van der Waals surface area contributed by atoms with Crippen LogP contribution in [-0.2, 0) is 16.4 Å². The number of benzene rings is 3. The molecule has 1 atom stereocenters. The van der Waals surface area contributed by atoms with Crippen LogP contribution in [0.3, 0.4) is 0 Å². The van der Waals surface area contributed by atoms with Gasteiger partial charge in [0.15, 0.2) is 0 Å². The van der Waals surface area contributed by atoms with Gasteiger partial charge in [0, 0.05) is 5.56 Å². The van der Waals surface area contributed by atoms with Gasteiger partial charge in [0.05, 0.1) is 10.9 Å². The Balaban J connectivity index is 1.79. The van der Waals surface area contributed by atoms with Gasteiger partial charge in [-0.2, -0.15) is 0 Å². The molecule has 0 radical (unpaired) electrons. The lowest BCUT2D eigenvalue weighted by Crippen LogP contribution is -2.48. The van der Waals surface area contributed by atoms with Crippen molar-refractivity contribution in [3.63, 3.8) is 0 Å². The molecule has 0 saturated carbocycles. The van der Waals surface area contributed by atoms with Crippen molar-refractivity contribution in [2.45, 2.75) is 24.3 Å². The van der Waals surface area contributed by atoms with Crippen LogP contribution in [0.4, 0.5) is 0 Å². The van der Waals surface area contributed by atoms with E-state index in [0.29, 0.717) is 12.0 Å². The van der Waals surface area contributed by atoms with Gasteiger partial charge in [0.1, 0.15) is 0 Å². The summed E-state index contributed by atoms with van der Waals surface area (Å²) in [7, 11) is -3.99. The fourth-order valence-electron chi connectivity index (χ4n) is 3.53. The van der Waals surface area contributed by atoms with Gasteiger partial charge in [-0.15, -0.1) is 0 Å². The number of rotatable bonds is 4. The molecule has 4 nitrogen and oxygen atoms in total. The number of hydrogen-bond donors (Lipinski definition) is 0. The zero-order valence-corrected chi connectivity index (χ0v) is 16.8. The van der Waals surface area contributed by atoms with Crippen molar-refractivity contribution in [1.82, 2.24) is 4.31 Å². The number of carbonyl (C=O) groups excluding carboxylic acids is 1. The topological polar surface area (TPSA) is 54.5 Å². The van der Waals surface area contributed by atoms with Gasteiger partial charge in [-0.25, -0.2) is 12.7 Å². The predicted octanol–water partition coefficient (Wildman–Crippen LogP) is 4.46. The summed E-state index contributed by atoms with van der Waals surface area (Å²) in [6.45, 7) is 1.89. The van der Waals surface area contributed by atoms with Crippen LogP contribution in [0.2, 0.25) is 0 Å². The zero-order valence-electron chi connectivity index (χ0n) is 16.0. The SMILES string of the molecule is Cc1ccc(S(=O)(=O)N2C(=O)c3ccccc3CC2/C=C/c2ccccc2)cc1. The minimum Gasteiger partial charge on any atom is -0.268 e. The van der Waals surface area contributed by atoms with Crippen LogP contribution in [-0.4, -0.2) is 24.7 Å². The minimum absolute atomic E-state index is 0.119. The number of nitrogens with zero attached hydrogens (tertiary/aromatic N) is 1. The van der Waals surface area contributed by atoms with Crippen LogP contribution < -0.4 is 0 Å². The van der Waals surface area contributed by atoms with Gasteiger partial charge in [-0.3, -0.25) is 4.79 Å². The van der Waals surface area contributed by atoms with Gasteiger partial charge in [-0.05, 0) is 42.7 Å². The number of aryl methyl sites for hydroxylation is 1. The van der Waals surface area contributed by atoms with E-state index >= 15 is 0 Å². The predicted molar refractivity (Wildman–Crippen MR) is 114 cm³/mol. The van der Waals surface area contributed by atoms with Gasteiger partial charge >= 0.3 is 0 Å². The van der Waals surface area contributed by atoms with E-state index in [4.69, 9.17) is 0 Å². The van der Waals surface area contributed by atoms with Gasteiger partial charge in [0.2, 0.25) is 0 Å². The molecule has 0 saturated heterocycles. The van der Waals surface area contributed by atoms with E-state index in [1.54, 1.807) is 42.5 Å². The van der Waals surface area contributed by atoms with E-state index in [1.165, 1.54) is 0 Å². The monoisotopic (exact) mass is 403 g/mol. The molecule has 1 heterocycles. The summed E-state index contributed by atoms with van der Waals surface area (Å²) >= 11 is 0. The van der Waals surface area contributed by atoms with Gasteiger partial charge < -0.3 is 0 Å². The third-order valence-electron chi connectivity index (χ3n) is 5.07. The standard InChI is InChI=1S/C24H21NO3S/c1-18-11-15-22(16-12-18)29(27,28)25-21(14-13-19-7-3-2-4-8-19)17-20-9-5-6-10-23(20)24(25)26/h2-16,21H,17H2,1H3/b14-13+. The summed E-state index contributed by atoms with van der Waals surface area (Å²) in [5, 5.41) is 0. The maximum Gasteiger partial charge on any atom is 0.268 e. The Hall–Kier alpha value is -3.18. The van der Waals surface area contributed by atoms with E-state index < -0.39 is 22.0 Å². The molecule has 5 heteroatoms. The fraction of sp³-hybridized carbons (Fsp3) is 0.125. The minimum atomic E-state index is -3.99. The molecule has 146 valence electrons. The summed E-state index contributed by atoms with van der Waals surface area (Å²) in [5.74, 6) is -0.491. The first-order valence-electron chi connectivity index (χ1n) is 9.43. The second-order valence-corrected chi connectivity index (χ2v) is 8.93. The molecule has 4 rings (SSSR count). The maximum absolute atomic E-state index is 13.4. The van der Waals surface area contributed by atoms with Crippen molar-refractivity contribution in [3.8, 4) is 0 Å². The van der Waals surface area contributed by atoms with E-state index in [-0.39, 0.29) is 4.90 Å². The largest absolute Gasteiger partial charge is 0.268 e. The van der Waals surface area contributed by atoms with Crippen molar-refractivity contribution >= 4 is 22.0 Å². The molecule has 1 aliphatic heterocycles. The highest BCUT2D eigenvalue weighted by Gasteiger charge is 2.39. The highest BCUT2D eigenvalue weighted by Crippen LogP contribution is 2.30. The lowest BCUT2D eigenvalue weighted by atomic mass is 9.94. The fourth-order valence-corrected chi connectivity index (χ4v) is 5.05. The first-order chi connectivity index (χ1) is 14.0. The molecule has 3 aromatic carbocycles. The number of carbonyl (C=O) groups is 1. The molecule has 0 spiro atoms. The Labute approximate surface area is 171 Å². The molecule has 29 heavy (non-hydrogen) atoms.